The third-order valence-electron chi connectivity index (χ3n) is 4.10. The van der Waals surface area contributed by atoms with Crippen LogP contribution in [-0.4, -0.2) is 50.0 Å². The van der Waals surface area contributed by atoms with E-state index < -0.39 is 5.92 Å². The first-order chi connectivity index (χ1) is 11.2. The van der Waals surface area contributed by atoms with Crippen LogP contribution in [0.25, 0.3) is 0 Å². The molecule has 1 fully saturated rings. The Kier molecular flexibility index (Phi) is 6.59. The fourth-order valence-electron chi connectivity index (χ4n) is 2.80. The van der Waals surface area contributed by atoms with Crippen LogP contribution in [0.2, 0.25) is 0 Å². The highest BCUT2D eigenvalue weighted by molar-refractivity contribution is 5.90. The first-order valence-corrected chi connectivity index (χ1v) is 8.18. The number of nitrogens with zero attached hydrogens (tertiary/aromatic N) is 1. The lowest BCUT2D eigenvalue weighted by molar-refractivity contribution is -0.138. The fraction of sp³-hybridized carbons (Fsp3) is 0.556. The van der Waals surface area contributed by atoms with Crippen molar-refractivity contribution < 1.29 is 19.1 Å². The minimum Gasteiger partial charge on any atom is -0.497 e. The summed E-state index contributed by atoms with van der Waals surface area (Å²) in [5.74, 6) is 0.474. The smallest absolute Gasteiger partial charge is 0.230 e. The number of ether oxygens (including phenoxy) is 2. The molecule has 23 heavy (non-hydrogen) atoms. The molecule has 1 atom stereocenters. The van der Waals surface area contributed by atoms with Crippen molar-refractivity contribution in [3.63, 3.8) is 0 Å². The molecule has 1 aromatic carbocycles. The van der Waals surface area contributed by atoms with Crippen LogP contribution in [0.15, 0.2) is 24.3 Å². The monoisotopic (exact) mass is 319 g/mol. The quantitative estimate of drug-likeness (QED) is 0.774. The van der Waals surface area contributed by atoms with Crippen molar-refractivity contribution >= 4 is 11.7 Å². The number of amides is 1. The van der Waals surface area contributed by atoms with Gasteiger partial charge in [-0.2, -0.15) is 0 Å². The first-order valence-electron chi connectivity index (χ1n) is 8.18. The van der Waals surface area contributed by atoms with Crippen molar-refractivity contribution in [3.05, 3.63) is 29.8 Å². The third kappa shape index (κ3) is 4.79. The zero-order valence-electron chi connectivity index (χ0n) is 13.9. The number of benzene rings is 1. The number of rotatable bonds is 7. The van der Waals surface area contributed by atoms with E-state index in [1.54, 1.807) is 12.0 Å². The molecule has 1 amide bonds. The molecular formula is C18H25NO4. The second-order valence-electron chi connectivity index (χ2n) is 5.76. The highest BCUT2D eigenvalue weighted by atomic mass is 16.5. The average molecular weight is 319 g/mol. The highest BCUT2D eigenvalue weighted by Crippen LogP contribution is 2.26. The molecule has 126 valence electrons. The molecule has 1 aromatic rings. The van der Waals surface area contributed by atoms with E-state index in [1.807, 2.05) is 31.2 Å². The summed E-state index contributed by atoms with van der Waals surface area (Å²) in [6, 6.07) is 7.42. The predicted molar refractivity (Wildman–Crippen MR) is 87.7 cm³/mol. The molecule has 1 saturated heterocycles. The zero-order chi connectivity index (χ0) is 16.7. The Morgan fingerprint density at radius 1 is 1.22 bits per heavy atom. The molecule has 1 aliphatic rings. The lowest BCUT2D eigenvalue weighted by Crippen LogP contribution is -2.43. The van der Waals surface area contributed by atoms with Crippen LogP contribution in [0.3, 0.4) is 0 Å². The number of carbonyl (C=O) groups excluding carboxylic acids is 2. The van der Waals surface area contributed by atoms with E-state index >= 15 is 0 Å². The van der Waals surface area contributed by atoms with Gasteiger partial charge in [0.05, 0.1) is 26.2 Å². The maximum absolute atomic E-state index is 12.9. The van der Waals surface area contributed by atoms with Gasteiger partial charge in [0, 0.05) is 25.9 Å². The molecule has 1 heterocycles. The van der Waals surface area contributed by atoms with E-state index in [-0.39, 0.29) is 18.1 Å². The molecular weight excluding hydrogens is 294 g/mol. The maximum Gasteiger partial charge on any atom is 0.230 e. The largest absolute Gasteiger partial charge is 0.497 e. The number of hydrogen-bond acceptors (Lipinski definition) is 4. The van der Waals surface area contributed by atoms with Gasteiger partial charge in [-0.3, -0.25) is 9.59 Å². The van der Waals surface area contributed by atoms with Gasteiger partial charge in [-0.1, -0.05) is 19.1 Å². The van der Waals surface area contributed by atoms with Gasteiger partial charge in [0.15, 0.2) is 0 Å². The van der Waals surface area contributed by atoms with Crippen LogP contribution in [0.5, 0.6) is 5.75 Å². The summed E-state index contributed by atoms with van der Waals surface area (Å²) < 4.78 is 10.5. The van der Waals surface area contributed by atoms with Crippen LogP contribution in [0.4, 0.5) is 0 Å². The van der Waals surface area contributed by atoms with Gasteiger partial charge >= 0.3 is 0 Å². The van der Waals surface area contributed by atoms with Gasteiger partial charge in [-0.05, 0) is 24.1 Å². The van der Waals surface area contributed by atoms with Gasteiger partial charge in [-0.15, -0.1) is 0 Å². The van der Waals surface area contributed by atoms with Gasteiger partial charge in [0.25, 0.3) is 0 Å². The van der Waals surface area contributed by atoms with Gasteiger partial charge in [0.1, 0.15) is 11.5 Å². The molecule has 0 N–H and O–H groups in total. The predicted octanol–water partition coefficient (Wildman–Crippen LogP) is 2.40. The molecule has 0 spiro atoms. The SMILES string of the molecule is CCCC(=O)C[C@@H](C(=O)N1CCOCC1)c1ccc(OC)cc1. The van der Waals surface area contributed by atoms with Gasteiger partial charge in [0.2, 0.25) is 5.91 Å². The van der Waals surface area contributed by atoms with Crippen LogP contribution < -0.4 is 4.74 Å². The number of carbonyl (C=O) groups is 2. The Hall–Kier alpha value is -1.88. The summed E-state index contributed by atoms with van der Waals surface area (Å²) in [4.78, 5) is 26.8. The minimum atomic E-state index is -0.418. The van der Waals surface area contributed by atoms with E-state index in [2.05, 4.69) is 0 Å². The molecule has 5 nitrogen and oxygen atoms in total. The van der Waals surface area contributed by atoms with Crippen molar-refractivity contribution in [3.8, 4) is 5.75 Å². The van der Waals surface area contributed by atoms with Gasteiger partial charge in [-0.25, -0.2) is 0 Å². The molecule has 0 aromatic heterocycles. The summed E-state index contributed by atoms with van der Waals surface area (Å²) >= 11 is 0. The molecule has 1 aliphatic heterocycles. The maximum atomic E-state index is 12.9. The normalized spacial score (nSPS) is 16.0. The Bertz CT molecular complexity index is 520. The van der Waals surface area contributed by atoms with Gasteiger partial charge < -0.3 is 14.4 Å². The Morgan fingerprint density at radius 2 is 1.87 bits per heavy atom. The summed E-state index contributed by atoms with van der Waals surface area (Å²) in [6.07, 6.45) is 1.58. The molecule has 0 bridgehead atoms. The van der Waals surface area contributed by atoms with E-state index in [0.29, 0.717) is 32.7 Å². The van der Waals surface area contributed by atoms with E-state index in [1.165, 1.54) is 0 Å². The Balaban J connectivity index is 2.18. The summed E-state index contributed by atoms with van der Waals surface area (Å²) in [5, 5.41) is 0. The molecule has 5 heteroatoms. The zero-order valence-corrected chi connectivity index (χ0v) is 13.9. The number of ketones is 1. The van der Waals surface area contributed by atoms with Crippen LogP contribution in [0, 0.1) is 0 Å². The molecule has 0 radical (unpaired) electrons. The van der Waals surface area contributed by atoms with Crippen LogP contribution in [-0.2, 0) is 14.3 Å². The van der Waals surface area contributed by atoms with Crippen molar-refractivity contribution in [1.29, 1.82) is 0 Å². The third-order valence-corrected chi connectivity index (χ3v) is 4.10. The minimum absolute atomic E-state index is 0.0166. The lowest BCUT2D eigenvalue weighted by atomic mass is 9.91. The molecule has 0 saturated carbocycles. The van der Waals surface area contributed by atoms with Crippen LogP contribution >= 0.6 is 0 Å². The second kappa shape index (κ2) is 8.67. The van der Waals surface area contributed by atoms with E-state index in [4.69, 9.17) is 9.47 Å². The average Bonchev–Trinajstić information content (AvgIpc) is 2.60. The van der Waals surface area contributed by atoms with Crippen molar-refractivity contribution in [2.75, 3.05) is 33.4 Å². The number of hydrogen-bond donors (Lipinski definition) is 0. The number of Topliss-reactive ketones (excluding diaryl/α,β-unsaturated/α-hetero) is 1. The summed E-state index contributed by atoms with van der Waals surface area (Å²) in [7, 11) is 1.61. The lowest BCUT2D eigenvalue weighted by Gasteiger charge is -2.30. The second-order valence-corrected chi connectivity index (χ2v) is 5.76. The fourth-order valence-corrected chi connectivity index (χ4v) is 2.80. The Labute approximate surface area is 137 Å². The Morgan fingerprint density at radius 3 is 2.43 bits per heavy atom. The topological polar surface area (TPSA) is 55.8 Å². The summed E-state index contributed by atoms with van der Waals surface area (Å²) in [6.45, 7) is 4.28. The van der Waals surface area contributed by atoms with E-state index in [0.717, 1.165) is 17.7 Å². The number of methoxy groups -OCH3 is 1. The molecule has 2 rings (SSSR count). The standard InChI is InChI=1S/C18H25NO4/c1-3-4-15(20)13-17(14-5-7-16(22-2)8-6-14)18(21)19-9-11-23-12-10-19/h5-8,17H,3-4,9-13H2,1-2H3/t17-/m1/s1. The van der Waals surface area contributed by atoms with Crippen molar-refractivity contribution in [1.82, 2.24) is 4.90 Å². The molecule has 0 aliphatic carbocycles. The van der Waals surface area contributed by atoms with Crippen molar-refractivity contribution in [2.24, 2.45) is 0 Å². The highest BCUT2D eigenvalue weighted by Gasteiger charge is 2.28. The number of morpholine rings is 1. The van der Waals surface area contributed by atoms with E-state index in [9.17, 15) is 9.59 Å². The van der Waals surface area contributed by atoms with Crippen molar-refractivity contribution in [2.45, 2.75) is 32.1 Å². The molecule has 0 unspecified atom stereocenters. The summed E-state index contributed by atoms with van der Waals surface area (Å²) in [5.41, 5.74) is 0.867. The van der Waals surface area contributed by atoms with Crippen LogP contribution in [0.1, 0.15) is 37.7 Å². The first kappa shape index (κ1) is 17.5.